The van der Waals surface area contributed by atoms with Gasteiger partial charge in [-0.05, 0) is 0 Å². The molecule has 1 heterocycles. The van der Waals surface area contributed by atoms with E-state index in [0.717, 1.165) is 0 Å². The van der Waals surface area contributed by atoms with Gasteiger partial charge in [0.1, 0.15) is 5.70 Å². The lowest BCUT2D eigenvalue weighted by atomic mass is 10.3. The Morgan fingerprint density at radius 3 is 2.42 bits per heavy atom. The highest BCUT2D eigenvalue weighted by atomic mass is 79.9. The summed E-state index contributed by atoms with van der Waals surface area (Å²) < 4.78 is 48.0. The third kappa shape index (κ3) is 1.96. The summed E-state index contributed by atoms with van der Waals surface area (Å²) in [5.41, 5.74) is -1.13. The van der Waals surface area contributed by atoms with Gasteiger partial charge in [-0.15, -0.1) is 0 Å². The Bertz CT molecular complexity index is 255. The second-order valence-electron chi connectivity index (χ2n) is 2.01. The lowest BCUT2D eigenvalue weighted by Gasteiger charge is -2.17. The van der Waals surface area contributed by atoms with Gasteiger partial charge in [0.15, 0.2) is 0 Å². The Balaban J connectivity index is 2.89. The van der Waals surface area contributed by atoms with Crippen LogP contribution in [0.15, 0.2) is 15.2 Å². The van der Waals surface area contributed by atoms with Crippen LogP contribution in [0, 0.1) is 0 Å². The van der Waals surface area contributed by atoms with Gasteiger partial charge in [-0.3, -0.25) is 0 Å². The number of nitrogens with one attached hydrogen (secondary N) is 1. The van der Waals surface area contributed by atoms with Crippen LogP contribution in [-0.4, -0.2) is 18.8 Å². The third-order valence-electron chi connectivity index (χ3n) is 1.14. The van der Waals surface area contributed by atoms with Gasteiger partial charge in [0, 0.05) is 4.48 Å². The number of halogens is 5. The quantitative estimate of drug-likeness (QED) is 0.514. The summed E-state index contributed by atoms with van der Waals surface area (Å²) in [6, 6.07) is 0. The Kier molecular flexibility index (Phi) is 2.41. The van der Waals surface area contributed by atoms with Crippen LogP contribution >= 0.6 is 15.9 Å². The van der Waals surface area contributed by atoms with Gasteiger partial charge in [0.05, 0.1) is 6.54 Å². The molecule has 68 valence electrons. The Labute approximate surface area is 73.5 Å². The van der Waals surface area contributed by atoms with Crippen LogP contribution in [-0.2, 0) is 0 Å². The summed E-state index contributed by atoms with van der Waals surface area (Å²) in [6.07, 6.45) is -5.79. The molecule has 7 heteroatoms. The van der Waals surface area contributed by atoms with Crippen molar-refractivity contribution in [1.29, 1.82) is 0 Å². The zero-order valence-electron chi connectivity index (χ0n) is 5.54. The molecule has 0 aromatic heterocycles. The molecule has 0 fully saturated rings. The predicted octanol–water partition coefficient (Wildman–Crippen LogP) is 2.08. The van der Waals surface area contributed by atoms with E-state index in [2.05, 4.69) is 20.9 Å². The molecular formula is C5H3BrF4N2. The van der Waals surface area contributed by atoms with Gasteiger partial charge in [0.2, 0.25) is 0 Å². The zero-order valence-corrected chi connectivity index (χ0v) is 7.13. The van der Waals surface area contributed by atoms with Crippen molar-refractivity contribution in [2.45, 2.75) is 6.18 Å². The molecule has 1 rings (SSSR count). The summed E-state index contributed by atoms with van der Waals surface area (Å²) in [6.45, 7) is -0.326. The number of alkyl halides is 3. The van der Waals surface area contributed by atoms with Crippen molar-refractivity contribution in [3.8, 4) is 0 Å². The molecule has 0 aromatic rings. The van der Waals surface area contributed by atoms with Gasteiger partial charge in [-0.1, -0.05) is 15.9 Å². The maximum absolute atomic E-state index is 12.2. The summed E-state index contributed by atoms with van der Waals surface area (Å²) in [4.78, 5) is 3.11. The maximum atomic E-state index is 12.2. The van der Waals surface area contributed by atoms with Crippen LogP contribution < -0.4 is 5.32 Å². The summed E-state index contributed by atoms with van der Waals surface area (Å²) >= 11 is 2.64. The Morgan fingerprint density at radius 2 is 2.00 bits per heavy atom. The Hall–Kier alpha value is -0.590. The van der Waals surface area contributed by atoms with Crippen LogP contribution in [0.3, 0.4) is 0 Å². The van der Waals surface area contributed by atoms with Crippen LogP contribution in [0.5, 0.6) is 0 Å². The SMILES string of the molecule is FC1=NCC(Br)=C(C(F)(F)F)N1. The van der Waals surface area contributed by atoms with Crippen LogP contribution in [0.1, 0.15) is 0 Å². The normalized spacial score (nSPS) is 18.9. The molecule has 0 radical (unpaired) electrons. The average molecular weight is 247 g/mol. The van der Waals surface area contributed by atoms with Crippen molar-refractivity contribution in [2.75, 3.05) is 6.54 Å². The lowest BCUT2D eigenvalue weighted by molar-refractivity contribution is -0.0957. The maximum Gasteiger partial charge on any atom is 0.432 e. The molecule has 1 aliphatic heterocycles. The fraction of sp³-hybridized carbons (Fsp3) is 0.400. The summed E-state index contributed by atoms with van der Waals surface area (Å²) in [7, 11) is 0. The number of rotatable bonds is 0. The van der Waals surface area contributed by atoms with Gasteiger partial charge < -0.3 is 5.32 Å². The second-order valence-corrected chi connectivity index (χ2v) is 2.97. The van der Waals surface area contributed by atoms with Crippen molar-refractivity contribution in [3.05, 3.63) is 10.2 Å². The fourth-order valence-corrected chi connectivity index (χ4v) is 1.10. The number of hydrogen-bond donors (Lipinski definition) is 1. The molecule has 0 unspecified atom stereocenters. The van der Waals surface area contributed by atoms with E-state index in [9.17, 15) is 17.6 Å². The molecule has 1 N–H and O–H groups in total. The highest BCUT2D eigenvalue weighted by molar-refractivity contribution is 9.11. The van der Waals surface area contributed by atoms with E-state index in [0.29, 0.717) is 0 Å². The van der Waals surface area contributed by atoms with E-state index >= 15 is 0 Å². The first kappa shape index (κ1) is 9.50. The third-order valence-corrected chi connectivity index (χ3v) is 1.79. The van der Waals surface area contributed by atoms with E-state index in [1.54, 1.807) is 0 Å². The monoisotopic (exact) mass is 246 g/mol. The smallest absolute Gasteiger partial charge is 0.311 e. The standard InChI is InChI=1S/C5H3BrF4N2/c6-2-1-11-4(7)12-3(2)5(8,9)10/h1H2,(H,11,12). The molecule has 0 atom stereocenters. The first-order valence-corrected chi connectivity index (χ1v) is 3.63. The summed E-state index contributed by atoms with van der Waals surface area (Å²) in [5.74, 6) is 0. The largest absolute Gasteiger partial charge is 0.432 e. The highest BCUT2D eigenvalue weighted by Crippen LogP contribution is 2.30. The predicted molar refractivity (Wildman–Crippen MR) is 38.6 cm³/mol. The van der Waals surface area contributed by atoms with Crippen molar-refractivity contribution in [1.82, 2.24) is 5.32 Å². The number of nitrogens with zero attached hydrogens (tertiary/aromatic N) is 1. The van der Waals surface area contributed by atoms with Gasteiger partial charge in [-0.2, -0.15) is 17.6 Å². The number of amidine groups is 1. The fourth-order valence-electron chi connectivity index (χ4n) is 0.653. The topological polar surface area (TPSA) is 24.4 Å². The molecule has 1 aliphatic rings. The number of hydrogen-bond acceptors (Lipinski definition) is 2. The van der Waals surface area contributed by atoms with E-state index in [4.69, 9.17) is 0 Å². The van der Waals surface area contributed by atoms with Crippen molar-refractivity contribution >= 4 is 22.0 Å². The first-order valence-electron chi connectivity index (χ1n) is 2.84. The minimum absolute atomic E-state index is 0.198. The number of allylic oxidation sites excluding steroid dienone is 1. The van der Waals surface area contributed by atoms with Crippen LogP contribution in [0.4, 0.5) is 17.6 Å². The molecule has 0 saturated heterocycles. The minimum Gasteiger partial charge on any atom is -0.311 e. The molecule has 0 aromatic carbocycles. The molecule has 0 bridgehead atoms. The minimum atomic E-state index is -4.58. The molecule has 0 aliphatic carbocycles. The molecule has 0 amide bonds. The van der Waals surface area contributed by atoms with E-state index in [1.165, 1.54) is 5.32 Å². The van der Waals surface area contributed by atoms with Gasteiger partial charge >= 0.3 is 6.18 Å². The van der Waals surface area contributed by atoms with Crippen molar-refractivity contribution in [3.63, 3.8) is 0 Å². The molecule has 2 nitrogen and oxygen atoms in total. The summed E-state index contributed by atoms with van der Waals surface area (Å²) in [5, 5.41) is 1.50. The molecular weight excluding hydrogens is 244 g/mol. The second kappa shape index (κ2) is 3.04. The highest BCUT2D eigenvalue weighted by Gasteiger charge is 2.38. The number of aliphatic imine (C=N–C) groups is 1. The van der Waals surface area contributed by atoms with Crippen molar-refractivity contribution in [2.24, 2.45) is 4.99 Å². The van der Waals surface area contributed by atoms with E-state index in [-0.39, 0.29) is 11.0 Å². The molecule has 0 saturated carbocycles. The Morgan fingerprint density at radius 1 is 1.42 bits per heavy atom. The lowest BCUT2D eigenvalue weighted by Crippen LogP contribution is -2.33. The average Bonchev–Trinajstić information content (AvgIpc) is 1.92. The van der Waals surface area contributed by atoms with Gasteiger partial charge in [-0.25, -0.2) is 4.99 Å². The molecule has 0 spiro atoms. The first-order chi connectivity index (χ1) is 5.41. The van der Waals surface area contributed by atoms with E-state index < -0.39 is 18.0 Å². The van der Waals surface area contributed by atoms with Crippen LogP contribution in [0.25, 0.3) is 0 Å². The van der Waals surface area contributed by atoms with Crippen LogP contribution in [0.2, 0.25) is 0 Å². The zero-order chi connectivity index (χ0) is 9.35. The van der Waals surface area contributed by atoms with Gasteiger partial charge in [0.25, 0.3) is 6.09 Å². The molecule has 12 heavy (non-hydrogen) atoms. The van der Waals surface area contributed by atoms with Crippen molar-refractivity contribution < 1.29 is 17.6 Å². The van der Waals surface area contributed by atoms with E-state index in [1.807, 2.05) is 0 Å².